The lowest BCUT2D eigenvalue weighted by molar-refractivity contribution is 0.0556. The van der Waals surface area contributed by atoms with Crippen LogP contribution in [0, 0.1) is 12.3 Å². The largest absolute Gasteiger partial charge is 0.396 e. The minimum Gasteiger partial charge on any atom is -0.396 e. The molecular weight excluding hydrogens is 278 g/mol. The molecule has 2 bridgehead atoms. The fourth-order valence-electron chi connectivity index (χ4n) is 4.47. The van der Waals surface area contributed by atoms with Gasteiger partial charge in [-0.25, -0.2) is 0 Å². The van der Waals surface area contributed by atoms with Crippen molar-refractivity contribution in [1.29, 1.82) is 0 Å². The maximum absolute atomic E-state index is 13.1. The van der Waals surface area contributed by atoms with Gasteiger partial charge in [0.2, 0.25) is 0 Å². The van der Waals surface area contributed by atoms with E-state index in [0.717, 1.165) is 49.9 Å². The van der Waals surface area contributed by atoms with Crippen LogP contribution in [-0.4, -0.2) is 44.4 Å². The molecule has 1 amide bonds. The van der Waals surface area contributed by atoms with Crippen molar-refractivity contribution in [2.75, 3.05) is 6.61 Å². The van der Waals surface area contributed by atoms with E-state index in [4.69, 9.17) is 0 Å². The number of fused-ring (bicyclic) bond motifs is 2. The van der Waals surface area contributed by atoms with Gasteiger partial charge in [0.1, 0.15) is 0 Å². The molecule has 3 rings (SSSR count). The third kappa shape index (κ3) is 2.18. The molecule has 5 heteroatoms. The van der Waals surface area contributed by atoms with Gasteiger partial charge in [-0.3, -0.25) is 9.48 Å². The Kier molecular flexibility index (Phi) is 4.02. The van der Waals surface area contributed by atoms with E-state index in [1.807, 2.05) is 17.8 Å². The second kappa shape index (κ2) is 5.69. The Morgan fingerprint density at radius 1 is 1.45 bits per heavy atom. The molecule has 122 valence electrons. The monoisotopic (exact) mass is 305 g/mol. The normalized spacial score (nSPS) is 30.3. The first-order chi connectivity index (χ1) is 10.6. The van der Waals surface area contributed by atoms with E-state index in [2.05, 4.69) is 23.8 Å². The van der Waals surface area contributed by atoms with Gasteiger partial charge in [-0.15, -0.1) is 0 Å². The van der Waals surface area contributed by atoms with Crippen molar-refractivity contribution < 1.29 is 9.90 Å². The summed E-state index contributed by atoms with van der Waals surface area (Å²) in [7, 11) is 0. The van der Waals surface area contributed by atoms with Gasteiger partial charge in [0, 0.05) is 30.2 Å². The molecule has 1 aromatic heterocycles. The van der Waals surface area contributed by atoms with Gasteiger partial charge in [0.25, 0.3) is 5.91 Å². The second-order valence-corrected chi connectivity index (χ2v) is 6.93. The average molecular weight is 305 g/mol. The molecule has 0 aliphatic carbocycles. The minimum atomic E-state index is -0.0914. The Morgan fingerprint density at radius 2 is 2.23 bits per heavy atom. The summed E-state index contributed by atoms with van der Waals surface area (Å²) in [6.07, 6.45) is 6.87. The Bertz CT molecular complexity index is 562. The number of aromatic nitrogens is 2. The van der Waals surface area contributed by atoms with Crippen LogP contribution in [0.25, 0.3) is 0 Å². The molecule has 22 heavy (non-hydrogen) atoms. The molecule has 2 aliphatic heterocycles. The van der Waals surface area contributed by atoms with Crippen LogP contribution in [0.15, 0.2) is 6.20 Å². The van der Waals surface area contributed by atoms with E-state index < -0.39 is 0 Å². The van der Waals surface area contributed by atoms with E-state index in [0.29, 0.717) is 6.04 Å². The number of hydrogen-bond donors (Lipinski definition) is 1. The molecule has 1 aromatic rings. The molecule has 3 heterocycles. The van der Waals surface area contributed by atoms with Gasteiger partial charge in [-0.1, -0.05) is 13.8 Å². The number of amides is 1. The number of rotatable bonds is 5. The van der Waals surface area contributed by atoms with Gasteiger partial charge < -0.3 is 10.0 Å². The van der Waals surface area contributed by atoms with Crippen LogP contribution in [-0.2, 0) is 6.54 Å². The highest BCUT2D eigenvalue weighted by Gasteiger charge is 2.56. The highest BCUT2D eigenvalue weighted by Crippen LogP contribution is 2.51. The fraction of sp³-hybridized carbons (Fsp3) is 0.765. The maximum atomic E-state index is 13.1. The zero-order chi connectivity index (χ0) is 15.9. The first-order valence-electron chi connectivity index (χ1n) is 8.54. The van der Waals surface area contributed by atoms with E-state index in [-0.39, 0.29) is 24.0 Å². The third-order valence-corrected chi connectivity index (χ3v) is 5.73. The predicted molar refractivity (Wildman–Crippen MR) is 84.7 cm³/mol. The van der Waals surface area contributed by atoms with Crippen LogP contribution >= 0.6 is 0 Å². The molecule has 0 unspecified atom stereocenters. The molecule has 3 atom stereocenters. The summed E-state index contributed by atoms with van der Waals surface area (Å²) in [4.78, 5) is 15.1. The smallest absolute Gasteiger partial charge is 0.257 e. The molecule has 2 aliphatic rings. The number of aliphatic hydroxyl groups excluding tert-OH is 1. The Morgan fingerprint density at radius 3 is 2.82 bits per heavy atom. The lowest BCUT2D eigenvalue weighted by Gasteiger charge is -2.34. The van der Waals surface area contributed by atoms with Crippen LogP contribution in [0.4, 0.5) is 0 Å². The number of carbonyl (C=O) groups excluding carboxylic acids is 1. The molecular formula is C17H27N3O2. The van der Waals surface area contributed by atoms with Crippen LogP contribution in [0.5, 0.6) is 0 Å². The standard InChI is InChI=1S/C17H27N3O2/c1-4-8-19-10-14(12(3)18-19)16(22)20-13-6-7-15(20)17(5-2,9-13)11-21/h10,13,15,21H,4-9,11H2,1-3H3/t13-,15+,17-/m0/s1. The van der Waals surface area contributed by atoms with Crippen molar-refractivity contribution >= 4 is 5.91 Å². The van der Waals surface area contributed by atoms with Gasteiger partial charge >= 0.3 is 0 Å². The third-order valence-electron chi connectivity index (χ3n) is 5.73. The van der Waals surface area contributed by atoms with Crippen LogP contribution < -0.4 is 0 Å². The summed E-state index contributed by atoms with van der Waals surface area (Å²) in [5.41, 5.74) is 1.46. The van der Waals surface area contributed by atoms with Crippen molar-refractivity contribution in [2.24, 2.45) is 5.41 Å². The SMILES string of the molecule is CCCn1cc(C(=O)N2[C@H]3CC[C@@H]2[C@](CC)(CO)C3)c(C)n1. The number of aryl methyl sites for hydroxylation is 2. The molecule has 0 spiro atoms. The molecule has 2 fully saturated rings. The maximum Gasteiger partial charge on any atom is 0.257 e. The van der Waals surface area contributed by atoms with E-state index >= 15 is 0 Å². The number of hydrogen-bond acceptors (Lipinski definition) is 3. The van der Waals surface area contributed by atoms with Crippen molar-refractivity contribution in [1.82, 2.24) is 14.7 Å². The number of nitrogens with zero attached hydrogens (tertiary/aromatic N) is 3. The minimum absolute atomic E-state index is 0.0914. The quantitative estimate of drug-likeness (QED) is 0.908. The second-order valence-electron chi connectivity index (χ2n) is 6.93. The van der Waals surface area contributed by atoms with Crippen molar-refractivity contribution in [2.45, 2.75) is 71.5 Å². The van der Waals surface area contributed by atoms with Gasteiger partial charge in [-0.2, -0.15) is 5.10 Å². The van der Waals surface area contributed by atoms with Gasteiger partial charge in [0.05, 0.1) is 17.9 Å². The number of aliphatic hydroxyl groups is 1. The summed E-state index contributed by atoms with van der Waals surface area (Å²) in [5, 5.41) is 14.3. The van der Waals surface area contributed by atoms with Crippen molar-refractivity contribution in [3.05, 3.63) is 17.5 Å². The Hall–Kier alpha value is -1.36. The summed E-state index contributed by atoms with van der Waals surface area (Å²) in [5.74, 6) is 0.108. The summed E-state index contributed by atoms with van der Waals surface area (Å²) in [6.45, 7) is 7.18. The average Bonchev–Trinajstić information content (AvgIpc) is 3.18. The summed E-state index contributed by atoms with van der Waals surface area (Å²) in [6, 6.07) is 0.479. The Labute approximate surface area is 132 Å². The van der Waals surface area contributed by atoms with Crippen molar-refractivity contribution in [3.63, 3.8) is 0 Å². The molecule has 0 saturated carbocycles. The zero-order valence-corrected chi connectivity index (χ0v) is 13.9. The van der Waals surface area contributed by atoms with E-state index in [9.17, 15) is 9.90 Å². The summed E-state index contributed by atoms with van der Waals surface area (Å²) >= 11 is 0. The summed E-state index contributed by atoms with van der Waals surface area (Å²) < 4.78 is 1.87. The topological polar surface area (TPSA) is 58.4 Å². The number of carbonyl (C=O) groups is 1. The first kappa shape index (κ1) is 15.5. The fourth-order valence-corrected chi connectivity index (χ4v) is 4.47. The highest BCUT2D eigenvalue weighted by molar-refractivity contribution is 5.96. The van der Waals surface area contributed by atoms with Gasteiger partial charge in [0.15, 0.2) is 0 Å². The Balaban J connectivity index is 1.87. The molecule has 2 saturated heterocycles. The van der Waals surface area contributed by atoms with Gasteiger partial charge in [-0.05, 0) is 39.0 Å². The van der Waals surface area contributed by atoms with E-state index in [1.54, 1.807) is 0 Å². The highest BCUT2D eigenvalue weighted by atomic mass is 16.3. The first-order valence-corrected chi connectivity index (χ1v) is 8.54. The molecule has 0 radical (unpaired) electrons. The van der Waals surface area contributed by atoms with Crippen molar-refractivity contribution in [3.8, 4) is 0 Å². The predicted octanol–water partition coefficient (Wildman–Crippen LogP) is 2.37. The van der Waals surface area contributed by atoms with E-state index in [1.165, 1.54) is 0 Å². The molecule has 5 nitrogen and oxygen atoms in total. The van der Waals surface area contributed by atoms with Crippen LogP contribution in [0.3, 0.4) is 0 Å². The van der Waals surface area contributed by atoms with Crippen LogP contribution in [0.1, 0.15) is 62.0 Å². The molecule has 0 aromatic carbocycles. The lowest BCUT2D eigenvalue weighted by Crippen LogP contribution is -2.42. The van der Waals surface area contributed by atoms with Crippen LogP contribution in [0.2, 0.25) is 0 Å². The zero-order valence-electron chi connectivity index (χ0n) is 13.9. The lowest BCUT2D eigenvalue weighted by atomic mass is 9.72. The molecule has 1 N–H and O–H groups in total.